The minimum atomic E-state index is 0.734. The van der Waals surface area contributed by atoms with Gasteiger partial charge in [-0.05, 0) is 36.7 Å². The van der Waals surface area contributed by atoms with Gasteiger partial charge < -0.3 is 10.1 Å². The number of aromatic nitrogens is 2. The van der Waals surface area contributed by atoms with Crippen molar-refractivity contribution in [2.24, 2.45) is 0 Å². The van der Waals surface area contributed by atoms with Crippen molar-refractivity contribution in [2.75, 3.05) is 13.7 Å². The molecule has 0 saturated carbocycles. The highest BCUT2D eigenvalue weighted by molar-refractivity contribution is 5.37. The van der Waals surface area contributed by atoms with Gasteiger partial charge in [-0.15, -0.1) is 0 Å². The Morgan fingerprint density at radius 3 is 2.95 bits per heavy atom. The second-order valence-corrected chi connectivity index (χ2v) is 4.53. The molecule has 1 heterocycles. The molecule has 0 aliphatic heterocycles. The monoisotopic (exact) mass is 259 g/mol. The summed E-state index contributed by atoms with van der Waals surface area (Å²) in [5.74, 6) is 0.912. The number of methoxy groups -OCH3 is 1. The van der Waals surface area contributed by atoms with Gasteiger partial charge >= 0.3 is 0 Å². The van der Waals surface area contributed by atoms with E-state index in [9.17, 15) is 0 Å². The normalized spacial score (nSPS) is 10.6. The maximum Gasteiger partial charge on any atom is 0.123 e. The van der Waals surface area contributed by atoms with Gasteiger partial charge in [0, 0.05) is 24.5 Å². The predicted molar refractivity (Wildman–Crippen MR) is 76.3 cm³/mol. The Bertz CT molecular complexity index is 494. The van der Waals surface area contributed by atoms with Crippen LogP contribution in [-0.2, 0) is 13.1 Å². The Kier molecular flexibility index (Phi) is 4.98. The van der Waals surface area contributed by atoms with Crippen molar-refractivity contribution in [3.8, 4) is 5.75 Å². The molecule has 1 aromatic carbocycles. The quantitative estimate of drug-likeness (QED) is 0.776. The lowest BCUT2D eigenvalue weighted by Crippen LogP contribution is -2.14. The molecule has 4 heteroatoms. The molecular weight excluding hydrogens is 238 g/mol. The molecule has 0 radical (unpaired) electrons. The number of rotatable bonds is 7. The van der Waals surface area contributed by atoms with Crippen LogP contribution in [-0.4, -0.2) is 23.4 Å². The molecule has 0 bridgehead atoms. The maximum atomic E-state index is 5.41. The van der Waals surface area contributed by atoms with Gasteiger partial charge in [-0.25, -0.2) is 0 Å². The van der Waals surface area contributed by atoms with Crippen molar-refractivity contribution in [1.82, 2.24) is 15.1 Å². The van der Waals surface area contributed by atoms with Gasteiger partial charge in [-0.3, -0.25) is 4.68 Å². The molecule has 0 spiro atoms. The molecule has 0 amide bonds. The highest BCUT2D eigenvalue weighted by Gasteiger charge is 2.05. The smallest absolute Gasteiger partial charge is 0.123 e. The van der Waals surface area contributed by atoms with E-state index in [0.717, 1.165) is 37.4 Å². The van der Waals surface area contributed by atoms with Crippen LogP contribution in [0.2, 0.25) is 0 Å². The molecule has 1 N–H and O–H groups in total. The Hall–Kier alpha value is -1.81. The van der Waals surface area contributed by atoms with Gasteiger partial charge in [0.25, 0.3) is 0 Å². The average molecular weight is 259 g/mol. The summed E-state index contributed by atoms with van der Waals surface area (Å²) in [6.07, 6.45) is 4.90. The molecular formula is C15H21N3O. The van der Waals surface area contributed by atoms with Crippen LogP contribution in [0.1, 0.15) is 24.5 Å². The third kappa shape index (κ3) is 3.83. The topological polar surface area (TPSA) is 39.1 Å². The number of ether oxygens (including phenoxy) is 1. The van der Waals surface area contributed by atoms with Crippen molar-refractivity contribution >= 4 is 0 Å². The van der Waals surface area contributed by atoms with Crippen molar-refractivity contribution in [3.63, 3.8) is 0 Å². The fourth-order valence-electron chi connectivity index (χ4n) is 2.04. The highest BCUT2D eigenvalue weighted by Crippen LogP contribution is 2.20. The average Bonchev–Trinajstić information content (AvgIpc) is 2.92. The molecule has 0 fully saturated rings. The molecule has 2 rings (SSSR count). The summed E-state index contributed by atoms with van der Waals surface area (Å²) in [6, 6.07) is 8.25. The lowest BCUT2D eigenvalue weighted by Gasteiger charge is -2.11. The van der Waals surface area contributed by atoms with E-state index in [-0.39, 0.29) is 0 Å². The summed E-state index contributed by atoms with van der Waals surface area (Å²) < 4.78 is 7.32. The van der Waals surface area contributed by atoms with Crippen molar-refractivity contribution in [3.05, 3.63) is 47.8 Å². The van der Waals surface area contributed by atoms with Crippen LogP contribution >= 0.6 is 0 Å². The minimum absolute atomic E-state index is 0.734. The fourth-order valence-corrected chi connectivity index (χ4v) is 2.04. The SMILES string of the molecule is CCCNCc1ccc(OC)c(Cn2cccn2)c1. The van der Waals surface area contributed by atoms with Gasteiger partial charge in [0.1, 0.15) is 5.75 Å². The summed E-state index contributed by atoms with van der Waals surface area (Å²) in [7, 11) is 1.71. The van der Waals surface area contributed by atoms with Crippen LogP contribution in [0.5, 0.6) is 5.75 Å². The van der Waals surface area contributed by atoms with E-state index in [1.165, 1.54) is 5.56 Å². The van der Waals surface area contributed by atoms with Gasteiger partial charge in [0.15, 0.2) is 0 Å². The summed E-state index contributed by atoms with van der Waals surface area (Å²) in [4.78, 5) is 0. The summed E-state index contributed by atoms with van der Waals surface area (Å²) >= 11 is 0. The predicted octanol–water partition coefficient (Wildman–Crippen LogP) is 2.44. The van der Waals surface area contributed by atoms with Crippen molar-refractivity contribution in [1.29, 1.82) is 0 Å². The number of hydrogen-bond acceptors (Lipinski definition) is 3. The molecule has 0 atom stereocenters. The standard InChI is InChI=1S/C15H21N3O/c1-3-7-16-11-13-5-6-15(19-2)14(10-13)12-18-9-4-8-17-18/h4-6,8-10,16H,3,7,11-12H2,1-2H3. The van der Waals surface area contributed by atoms with Crippen LogP contribution in [0.15, 0.2) is 36.7 Å². The minimum Gasteiger partial charge on any atom is -0.496 e. The van der Waals surface area contributed by atoms with Crippen LogP contribution in [0, 0.1) is 0 Å². The molecule has 0 unspecified atom stereocenters. The molecule has 0 aliphatic carbocycles. The van der Waals surface area contributed by atoms with E-state index in [2.05, 4.69) is 29.5 Å². The first-order chi connectivity index (χ1) is 9.33. The molecule has 19 heavy (non-hydrogen) atoms. The van der Waals surface area contributed by atoms with E-state index in [1.54, 1.807) is 13.3 Å². The van der Waals surface area contributed by atoms with Crippen molar-refractivity contribution < 1.29 is 4.74 Å². The molecule has 1 aromatic heterocycles. The third-order valence-corrected chi connectivity index (χ3v) is 2.99. The second kappa shape index (κ2) is 6.95. The zero-order valence-corrected chi connectivity index (χ0v) is 11.6. The first-order valence-corrected chi connectivity index (χ1v) is 6.67. The number of hydrogen-bond donors (Lipinski definition) is 1. The molecule has 0 aliphatic rings. The third-order valence-electron chi connectivity index (χ3n) is 2.99. The Morgan fingerprint density at radius 1 is 1.37 bits per heavy atom. The molecule has 4 nitrogen and oxygen atoms in total. The number of nitrogens with zero attached hydrogens (tertiary/aromatic N) is 2. The van der Waals surface area contributed by atoms with E-state index >= 15 is 0 Å². The lowest BCUT2D eigenvalue weighted by molar-refractivity contribution is 0.407. The molecule has 0 saturated heterocycles. The fraction of sp³-hybridized carbons (Fsp3) is 0.400. The van der Waals surface area contributed by atoms with Crippen LogP contribution in [0.3, 0.4) is 0 Å². The van der Waals surface area contributed by atoms with Crippen LogP contribution < -0.4 is 10.1 Å². The number of nitrogens with one attached hydrogen (secondary N) is 1. The van der Waals surface area contributed by atoms with E-state index in [4.69, 9.17) is 4.74 Å². The summed E-state index contributed by atoms with van der Waals surface area (Å²) in [6.45, 7) is 4.84. The van der Waals surface area contributed by atoms with E-state index in [1.807, 2.05) is 23.0 Å². The van der Waals surface area contributed by atoms with Gasteiger partial charge in [0.05, 0.1) is 13.7 Å². The number of benzene rings is 1. The second-order valence-electron chi connectivity index (χ2n) is 4.53. The molecule has 102 valence electrons. The van der Waals surface area contributed by atoms with Gasteiger partial charge in [-0.2, -0.15) is 5.10 Å². The Morgan fingerprint density at radius 2 is 2.26 bits per heavy atom. The van der Waals surface area contributed by atoms with E-state index < -0.39 is 0 Å². The maximum absolute atomic E-state index is 5.41. The van der Waals surface area contributed by atoms with Gasteiger partial charge in [-0.1, -0.05) is 13.0 Å². The van der Waals surface area contributed by atoms with Crippen LogP contribution in [0.4, 0.5) is 0 Å². The zero-order chi connectivity index (χ0) is 13.5. The van der Waals surface area contributed by atoms with Crippen LogP contribution in [0.25, 0.3) is 0 Å². The highest BCUT2D eigenvalue weighted by atomic mass is 16.5. The lowest BCUT2D eigenvalue weighted by atomic mass is 10.1. The first kappa shape index (κ1) is 13.6. The Labute approximate surface area is 114 Å². The zero-order valence-electron chi connectivity index (χ0n) is 11.6. The molecule has 2 aromatic rings. The van der Waals surface area contributed by atoms with Gasteiger partial charge in [0.2, 0.25) is 0 Å². The van der Waals surface area contributed by atoms with E-state index in [0.29, 0.717) is 0 Å². The largest absolute Gasteiger partial charge is 0.496 e. The van der Waals surface area contributed by atoms with Crippen molar-refractivity contribution in [2.45, 2.75) is 26.4 Å². The summed E-state index contributed by atoms with van der Waals surface area (Å²) in [5, 5.41) is 7.65. The first-order valence-electron chi connectivity index (χ1n) is 6.67. The Balaban J connectivity index is 2.11. The summed E-state index contributed by atoms with van der Waals surface area (Å²) in [5.41, 5.74) is 2.43.